The van der Waals surface area contributed by atoms with Gasteiger partial charge in [-0.05, 0) is 48.7 Å². The molecule has 0 aliphatic carbocycles. The molecule has 32 heavy (non-hydrogen) atoms. The van der Waals surface area contributed by atoms with Gasteiger partial charge in [-0.1, -0.05) is 55.5 Å². The quantitative estimate of drug-likeness (QED) is 0.627. The van der Waals surface area contributed by atoms with Crippen molar-refractivity contribution in [3.63, 3.8) is 0 Å². The molecule has 0 aromatic heterocycles. The standard InChI is InChI=1S/C27H28N2O3/c1-4-19-13-15-22(16-14-19)29-25(30)23-11-7-5-9-20(23)17-27(29,2)26(31)28-18-21-10-6-8-12-24(21)32-3/h5-16H,4,17-18H2,1-3H3,(H,28,31). The zero-order valence-electron chi connectivity index (χ0n) is 18.7. The van der Waals surface area contributed by atoms with Crippen LogP contribution in [0.5, 0.6) is 5.75 Å². The molecule has 3 aromatic carbocycles. The zero-order valence-corrected chi connectivity index (χ0v) is 18.7. The van der Waals surface area contributed by atoms with Gasteiger partial charge in [0, 0.05) is 29.8 Å². The Kier molecular flexibility index (Phi) is 5.99. The van der Waals surface area contributed by atoms with Crippen LogP contribution in [0.25, 0.3) is 0 Å². The molecule has 1 atom stereocenters. The average molecular weight is 429 g/mol. The van der Waals surface area contributed by atoms with Crippen molar-refractivity contribution in [1.29, 1.82) is 0 Å². The van der Waals surface area contributed by atoms with E-state index in [1.807, 2.05) is 79.7 Å². The topological polar surface area (TPSA) is 58.6 Å². The second kappa shape index (κ2) is 8.87. The number of nitrogens with zero attached hydrogens (tertiary/aromatic N) is 1. The highest BCUT2D eigenvalue weighted by Crippen LogP contribution is 2.36. The van der Waals surface area contributed by atoms with Crippen LogP contribution >= 0.6 is 0 Å². The van der Waals surface area contributed by atoms with E-state index in [1.54, 1.807) is 12.0 Å². The van der Waals surface area contributed by atoms with E-state index in [-0.39, 0.29) is 11.8 Å². The first kappa shape index (κ1) is 21.6. The summed E-state index contributed by atoms with van der Waals surface area (Å²) in [4.78, 5) is 28.8. The molecular weight excluding hydrogens is 400 g/mol. The molecule has 4 rings (SSSR count). The summed E-state index contributed by atoms with van der Waals surface area (Å²) in [7, 11) is 1.61. The molecule has 1 N–H and O–H groups in total. The molecule has 0 fully saturated rings. The largest absolute Gasteiger partial charge is 0.496 e. The van der Waals surface area contributed by atoms with E-state index in [9.17, 15) is 9.59 Å². The van der Waals surface area contributed by atoms with Crippen molar-refractivity contribution >= 4 is 17.5 Å². The number of hydrogen-bond donors (Lipinski definition) is 1. The summed E-state index contributed by atoms with van der Waals surface area (Å²) < 4.78 is 5.41. The number of methoxy groups -OCH3 is 1. The molecule has 1 aliphatic rings. The molecule has 1 unspecified atom stereocenters. The van der Waals surface area contributed by atoms with E-state index in [0.29, 0.717) is 18.5 Å². The molecule has 2 amide bonds. The summed E-state index contributed by atoms with van der Waals surface area (Å²) in [5, 5.41) is 3.04. The number of anilines is 1. The maximum atomic E-state index is 13.6. The minimum atomic E-state index is -1.07. The third-order valence-corrected chi connectivity index (χ3v) is 6.20. The van der Waals surface area contributed by atoms with Gasteiger partial charge in [-0.15, -0.1) is 0 Å². The fraction of sp³-hybridized carbons (Fsp3) is 0.259. The van der Waals surface area contributed by atoms with Crippen LogP contribution in [-0.4, -0.2) is 24.5 Å². The summed E-state index contributed by atoms with van der Waals surface area (Å²) in [5.74, 6) is 0.354. The van der Waals surface area contributed by atoms with Crippen molar-refractivity contribution in [3.05, 3.63) is 95.1 Å². The molecule has 0 saturated carbocycles. The Morgan fingerprint density at radius 2 is 1.72 bits per heavy atom. The summed E-state index contributed by atoms with van der Waals surface area (Å²) in [6, 6.07) is 23.0. The molecule has 5 nitrogen and oxygen atoms in total. The lowest BCUT2D eigenvalue weighted by Gasteiger charge is -2.44. The van der Waals surface area contributed by atoms with E-state index >= 15 is 0 Å². The van der Waals surface area contributed by atoms with E-state index in [0.717, 1.165) is 29.0 Å². The predicted molar refractivity (Wildman–Crippen MR) is 126 cm³/mol. The molecular formula is C27H28N2O3. The molecule has 5 heteroatoms. The molecule has 3 aromatic rings. The Morgan fingerprint density at radius 3 is 2.44 bits per heavy atom. The number of nitrogens with one attached hydrogen (secondary N) is 1. The van der Waals surface area contributed by atoms with Gasteiger partial charge >= 0.3 is 0 Å². The smallest absolute Gasteiger partial charge is 0.259 e. The maximum absolute atomic E-state index is 13.6. The SMILES string of the molecule is CCc1ccc(N2C(=O)c3ccccc3CC2(C)C(=O)NCc2ccccc2OC)cc1. The van der Waals surface area contributed by atoms with Crippen LogP contribution in [-0.2, 0) is 24.2 Å². The summed E-state index contributed by atoms with van der Waals surface area (Å²) in [5.41, 5.74) is 3.24. The third-order valence-electron chi connectivity index (χ3n) is 6.20. The number of hydrogen-bond acceptors (Lipinski definition) is 3. The molecule has 0 radical (unpaired) electrons. The third kappa shape index (κ3) is 3.86. The van der Waals surface area contributed by atoms with Gasteiger partial charge < -0.3 is 10.1 Å². The van der Waals surface area contributed by atoms with Crippen LogP contribution in [0.3, 0.4) is 0 Å². The van der Waals surface area contributed by atoms with E-state index in [1.165, 1.54) is 5.56 Å². The van der Waals surface area contributed by atoms with Crippen molar-refractivity contribution in [2.45, 2.75) is 38.8 Å². The van der Waals surface area contributed by atoms with Crippen LogP contribution in [0.2, 0.25) is 0 Å². The number of benzene rings is 3. The number of carbonyl (C=O) groups excluding carboxylic acids is 2. The lowest BCUT2D eigenvalue weighted by molar-refractivity contribution is -0.126. The Morgan fingerprint density at radius 1 is 1.03 bits per heavy atom. The monoisotopic (exact) mass is 428 g/mol. The molecule has 0 spiro atoms. The molecule has 164 valence electrons. The fourth-order valence-corrected chi connectivity index (χ4v) is 4.36. The lowest BCUT2D eigenvalue weighted by Crippen LogP contribution is -2.63. The molecule has 0 saturated heterocycles. The molecule has 1 aliphatic heterocycles. The molecule has 0 bridgehead atoms. The van der Waals surface area contributed by atoms with E-state index < -0.39 is 5.54 Å². The zero-order chi connectivity index (χ0) is 22.7. The van der Waals surface area contributed by atoms with Crippen LogP contribution in [0.1, 0.15) is 40.9 Å². The van der Waals surface area contributed by atoms with Crippen LogP contribution < -0.4 is 15.0 Å². The van der Waals surface area contributed by atoms with Crippen molar-refractivity contribution in [3.8, 4) is 5.75 Å². The van der Waals surface area contributed by atoms with Crippen molar-refractivity contribution < 1.29 is 14.3 Å². The van der Waals surface area contributed by atoms with E-state index in [4.69, 9.17) is 4.74 Å². The van der Waals surface area contributed by atoms with Gasteiger partial charge in [0.25, 0.3) is 5.91 Å². The molecule has 1 heterocycles. The van der Waals surface area contributed by atoms with Crippen molar-refractivity contribution in [2.75, 3.05) is 12.0 Å². The normalized spacial score (nSPS) is 17.6. The predicted octanol–water partition coefficient (Wildman–Crippen LogP) is 4.54. The number of amides is 2. The number of rotatable bonds is 6. The Hall–Kier alpha value is -3.60. The van der Waals surface area contributed by atoms with E-state index in [2.05, 4.69) is 12.2 Å². The van der Waals surface area contributed by atoms with Crippen LogP contribution in [0.4, 0.5) is 5.69 Å². The van der Waals surface area contributed by atoms with Gasteiger partial charge in [0.05, 0.1) is 7.11 Å². The highest BCUT2D eigenvalue weighted by Gasteiger charge is 2.47. The van der Waals surface area contributed by atoms with Crippen LogP contribution in [0, 0.1) is 0 Å². The maximum Gasteiger partial charge on any atom is 0.259 e. The Bertz CT molecular complexity index is 1140. The average Bonchev–Trinajstić information content (AvgIpc) is 2.83. The fourth-order valence-electron chi connectivity index (χ4n) is 4.36. The lowest BCUT2D eigenvalue weighted by atomic mass is 9.82. The van der Waals surface area contributed by atoms with Crippen molar-refractivity contribution in [2.24, 2.45) is 0 Å². The summed E-state index contributed by atoms with van der Waals surface area (Å²) in [6.07, 6.45) is 1.34. The number of fused-ring (bicyclic) bond motifs is 1. The second-order valence-corrected chi connectivity index (χ2v) is 8.26. The summed E-state index contributed by atoms with van der Waals surface area (Å²) >= 11 is 0. The van der Waals surface area contributed by atoms with Gasteiger partial charge in [-0.2, -0.15) is 0 Å². The number of aryl methyl sites for hydroxylation is 1. The van der Waals surface area contributed by atoms with Gasteiger partial charge in [-0.3, -0.25) is 14.5 Å². The van der Waals surface area contributed by atoms with Gasteiger partial charge in [0.1, 0.15) is 11.3 Å². The van der Waals surface area contributed by atoms with Gasteiger partial charge in [0.2, 0.25) is 5.91 Å². The van der Waals surface area contributed by atoms with Gasteiger partial charge in [0.15, 0.2) is 0 Å². The van der Waals surface area contributed by atoms with Gasteiger partial charge in [-0.25, -0.2) is 0 Å². The first-order valence-corrected chi connectivity index (χ1v) is 10.9. The minimum absolute atomic E-state index is 0.161. The second-order valence-electron chi connectivity index (χ2n) is 8.26. The minimum Gasteiger partial charge on any atom is -0.496 e. The number of carbonyl (C=O) groups is 2. The number of ether oxygens (including phenoxy) is 1. The van der Waals surface area contributed by atoms with Crippen molar-refractivity contribution in [1.82, 2.24) is 5.32 Å². The summed E-state index contributed by atoms with van der Waals surface area (Å²) in [6.45, 7) is 4.25. The highest BCUT2D eigenvalue weighted by molar-refractivity contribution is 6.14. The highest BCUT2D eigenvalue weighted by atomic mass is 16.5. The number of para-hydroxylation sites is 1. The Labute approximate surface area is 189 Å². The first-order valence-electron chi connectivity index (χ1n) is 10.9. The first-order chi connectivity index (χ1) is 15.5. The van der Waals surface area contributed by atoms with Crippen LogP contribution in [0.15, 0.2) is 72.8 Å². The Balaban J connectivity index is 1.70.